The molecule has 1 aromatic carbocycles. The number of alkyl halides is 2. The van der Waals surface area contributed by atoms with Gasteiger partial charge in [0.05, 0.1) is 16.1 Å². The minimum absolute atomic E-state index is 0.0384. The van der Waals surface area contributed by atoms with Crippen LogP contribution in [0, 0.1) is 22.0 Å². The molecule has 2 amide bonds. The number of carbonyl (C=O) groups is 2. The van der Waals surface area contributed by atoms with Gasteiger partial charge in [-0.25, -0.2) is 8.78 Å². The smallest absolute Gasteiger partial charge is 0.294 e. The van der Waals surface area contributed by atoms with Gasteiger partial charge in [-0.2, -0.15) is 0 Å². The second-order valence-electron chi connectivity index (χ2n) is 9.79. The highest BCUT2D eigenvalue weighted by Crippen LogP contribution is 2.53. The van der Waals surface area contributed by atoms with Crippen molar-refractivity contribution in [2.24, 2.45) is 11.8 Å². The van der Waals surface area contributed by atoms with Crippen LogP contribution in [0.3, 0.4) is 0 Å². The Morgan fingerprint density at radius 2 is 1.84 bits per heavy atom. The summed E-state index contributed by atoms with van der Waals surface area (Å²) in [5.41, 5.74) is 0.152. The van der Waals surface area contributed by atoms with Crippen LogP contribution in [0.2, 0.25) is 0 Å². The van der Waals surface area contributed by atoms with Crippen LogP contribution in [-0.2, 0) is 0 Å². The predicted molar refractivity (Wildman–Crippen MR) is 138 cm³/mol. The van der Waals surface area contributed by atoms with E-state index < -0.39 is 29.6 Å². The highest BCUT2D eigenvalue weighted by atomic mass is 79.9. The van der Waals surface area contributed by atoms with Gasteiger partial charge in [0.15, 0.2) is 0 Å². The first-order valence-corrected chi connectivity index (χ1v) is 13.4. The highest BCUT2D eigenvalue weighted by molar-refractivity contribution is 9.10. The van der Waals surface area contributed by atoms with Crippen molar-refractivity contribution < 1.29 is 23.3 Å². The van der Waals surface area contributed by atoms with Crippen LogP contribution >= 0.6 is 31.9 Å². The molecule has 13 heteroatoms. The van der Waals surface area contributed by atoms with Gasteiger partial charge in [-0.05, 0) is 52.7 Å². The maximum Gasteiger partial charge on any atom is 0.294 e. The van der Waals surface area contributed by atoms with E-state index in [0.29, 0.717) is 26.8 Å². The zero-order valence-electron chi connectivity index (χ0n) is 19.4. The van der Waals surface area contributed by atoms with Crippen molar-refractivity contribution in [1.29, 1.82) is 0 Å². The topological polar surface area (TPSA) is 117 Å². The fourth-order valence-electron chi connectivity index (χ4n) is 5.33. The lowest BCUT2D eigenvalue weighted by atomic mass is 10.0. The van der Waals surface area contributed by atoms with Crippen molar-refractivity contribution in [3.63, 3.8) is 0 Å². The number of halogens is 4. The summed E-state index contributed by atoms with van der Waals surface area (Å²) in [5.74, 6) is -3.15. The molecule has 9 nitrogen and oxygen atoms in total. The Labute approximate surface area is 227 Å². The minimum atomic E-state index is -2.83. The Bertz CT molecular complexity index is 1270. The van der Waals surface area contributed by atoms with Crippen molar-refractivity contribution in [2.75, 3.05) is 18.4 Å². The lowest BCUT2D eigenvalue weighted by molar-refractivity contribution is -0.384. The molecule has 2 aliphatic carbocycles. The third-order valence-electron chi connectivity index (χ3n) is 7.31. The van der Waals surface area contributed by atoms with Gasteiger partial charge in [0, 0.05) is 65.4 Å². The molecule has 2 unspecified atom stereocenters. The van der Waals surface area contributed by atoms with E-state index in [1.807, 2.05) is 0 Å². The Balaban J connectivity index is 1.43. The van der Waals surface area contributed by atoms with Crippen molar-refractivity contribution in [3.05, 3.63) is 60.8 Å². The molecule has 2 aromatic rings. The van der Waals surface area contributed by atoms with Gasteiger partial charge < -0.3 is 15.5 Å². The van der Waals surface area contributed by atoms with E-state index in [9.17, 15) is 28.5 Å². The van der Waals surface area contributed by atoms with E-state index in [4.69, 9.17) is 0 Å². The summed E-state index contributed by atoms with van der Waals surface area (Å²) in [6.45, 7) is -0.280. The number of anilines is 1. The lowest BCUT2D eigenvalue weighted by Gasteiger charge is -2.32. The second kappa shape index (κ2) is 9.90. The SMILES string of the molecule is O=C(N[C@H]1CC2CC2[C@H]1Nc1c(C(=O)N2CCC(F)(F)CC2)cc(Br)cc1[N+](=O)[O-])c1cncc(Br)c1. The fraction of sp³-hybridized carbons (Fsp3) is 0.458. The van der Waals surface area contributed by atoms with Crippen LogP contribution in [0.5, 0.6) is 0 Å². The minimum Gasteiger partial charge on any atom is -0.374 e. The maximum atomic E-state index is 13.7. The first kappa shape index (κ1) is 26.0. The van der Waals surface area contributed by atoms with Gasteiger partial charge in [0.25, 0.3) is 23.4 Å². The van der Waals surface area contributed by atoms with Crippen LogP contribution in [0.1, 0.15) is 46.4 Å². The average Bonchev–Trinajstić information content (AvgIpc) is 3.53. The van der Waals surface area contributed by atoms with Gasteiger partial charge in [0.1, 0.15) is 5.69 Å². The molecular formula is C24H23Br2F2N5O4. The molecule has 5 rings (SSSR count). The number of hydrogen-bond acceptors (Lipinski definition) is 6. The molecule has 0 radical (unpaired) electrons. The Morgan fingerprint density at radius 1 is 1.11 bits per heavy atom. The standard InChI is InChI=1S/C24H23Br2F2N5O4/c25-14-8-17(23(35)32-3-1-24(27,28)2-4-32)21(19(9-14)33(36)37)31-20-16-6-12(16)7-18(20)30-22(34)13-5-15(26)11-29-10-13/h5,8-12,16,18,20,31H,1-4,6-7H2,(H,30,34)/t12?,16?,18-,20+/m0/s1. The number of nitrogens with one attached hydrogen (secondary N) is 2. The third-order valence-corrected chi connectivity index (χ3v) is 8.21. The summed E-state index contributed by atoms with van der Waals surface area (Å²) >= 11 is 6.55. The number of nitrogens with zero attached hydrogens (tertiary/aromatic N) is 3. The van der Waals surface area contributed by atoms with Crippen molar-refractivity contribution in [2.45, 2.75) is 43.7 Å². The fourth-order valence-corrected chi connectivity index (χ4v) is 6.14. The van der Waals surface area contributed by atoms with Crippen LogP contribution in [0.4, 0.5) is 20.2 Å². The van der Waals surface area contributed by atoms with E-state index in [0.717, 1.165) is 6.42 Å². The molecule has 1 aromatic heterocycles. The molecule has 2 heterocycles. The number of nitro groups is 1. The Hall–Kier alpha value is -2.67. The quantitative estimate of drug-likeness (QED) is 0.338. The monoisotopic (exact) mass is 641 g/mol. The highest BCUT2D eigenvalue weighted by Gasteiger charge is 2.54. The molecule has 2 saturated carbocycles. The molecule has 37 heavy (non-hydrogen) atoms. The number of piperidine rings is 1. The maximum absolute atomic E-state index is 13.7. The first-order valence-electron chi connectivity index (χ1n) is 11.9. The molecule has 3 fully saturated rings. The average molecular weight is 643 g/mol. The molecule has 0 bridgehead atoms. The molecule has 3 aliphatic rings. The summed E-state index contributed by atoms with van der Waals surface area (Å²) in [5, 5.41) is 18.2. The van der Waals surface area contributed by atoms with Gasteiger partial charge in [0.2, 0.25) is 0 Å². The largest absolute Gasteiger partial charge is 0.374 e. The number of rotatable bonds is 6. The Kier molecular flexibility index (Phi) is 6.94. The number of pyridine rings is 1. The number of aromatic nitrogens is 1. The molecule has 1 aliphatic heterocycles. The molecule has 4 atom stereocenters. The van der Waals surface area contributed by atoms with Crippen LogP contribution in [0.25, 0.3) is 0 Å². The number of likely N-dealkylation sites (tertiary alicyclic amines) is 1. The van der Waals surface area contributed by atoms with E-state index in [2.05, 4.69) is 47.5 Å². The van der Waals surface area contributed by atoms with Gasteiger partial charge in [-0.3, -0.25) is 24.7 Å². The molecule has 196 valence electrons. The van der Waals surface area contributed by atoms with E-state index in [-0.39, 0.29) is 53.9 Å². The van der Waals surface area contributed by atoms with Crippen molar-refractivity contribution in [1.82, 2.24) is 15.2 Å². The van der Waals surface area contributed by atoms with Gasteiger partial charge >= 0.3 is 0 Å². The normalized spacial score (nSPS) is 25.8. The molecule has 1 saturated heterocycles. The van der Waals surface area contributed by atoms with Gasteiger partial charge in [-0.15, -0.1) is 0 Å². The zero-order chi connectivity index (χ0) is 26.5. The number of carbonyl (C=O) groups excluding carboxylic acids is 2. The summed E-state index contributed by atoms with van der Waals surface area (Å²) in [4.78, 5) is 43.1. The molecule has 0 spiro atoms. The lowest BCUT2D eigenvalue weighted by Crippen LogP contribution is -2.46. The van der Waals surface area contributed by atoms with E-state index in [1.54, 1.807) is 12.3 Å². The summed E-state index contributed by atoms with van der Waals surface area (Å²) in [7, 11) is 0. The summed E-state index contributed by atoms with van der Waals surface area (Å²) in [6, 6.07) is 3.77. The van der Waals surface area contributed by atoms with E-state index >= 15 is 0 Å². The third kappa shape index (κ3) is 5.47. The zero-order valence-corrected chi connectivity index (χ0v) is 22.6. The number of amides is 2. The van der Waals surface area contributed by atoms with Crippen molar-refractivity contribution >= 4 is 55.0 Å². The predicted octanol–water partition coefficient (Wildman–Crippen LogP) is 5.01. The Morgan fingerprint density at radius 3 is 2.51 bits per heavy atom. The molecule has 2 N–H and O–H groups in total. The summed E-state index contributed by atoms with van der Waals surface area (Å²) in [6.07, 6.45) is 3.73. The second-order valence-corrected chi connectivity index (χ2v) is 11.6. The first-order chi connectivity index (χ1) is 17.5. The number of hydrogen-bond donors (Lipinski definition) is 2. The number of nitro benzene ring substituents is 1. The van der Waals surface area contributed by atoms with E-state index in [1.165, 1.54) is 23.2 Å². The number of benzene rings is 1. The number of fused-ring (bicyclic) bond motifs is 1. The van der Waals surface area contributed by atoms with Crippen LogP contribution in [0.15, 0.2) is 39.5 Å². The van der Waals surface area contributed by atoms with Gasteiger partial charge in [-0.1, -0.05) is 15.9 Å². The summed E-state index contributed by atoms with van der Waals surface area (Å²) < 4.78 is 28.4. The van der Waals surface area contributed by atoms with Crippen LogP contribution in [-0.4, -0.2) is 57.7 Å². The van der Waals surface area contributed by atoms with Crippen molar-refractivity contribution in [3.8, 4) is 0 Å². The molecular weight excluding hydrogens is 620 g/mol. The van der Waals surface area contributed by atoms with Crippen LogP contribution < -0.4 is 10.6 Å².